The molecule has 0 amide bonds. The van der Waals surface area contributed by atoms with Gasteiger partial charge >= 0.3 is 0 Å². The van der Waals surface area contributed by atoms with Crippen molar-refractivity contribution in [3.05, 3.63) is 29.1 Å². The molecule has 11 heavy (non-hydrogen) atoms. The number of rotatable bonds is 0. The molecule has 52 valence electrons. The van der Waals surface area contributed by atoms with Gasteiger partial charge in [0.1, 0.15) is 7.85 Å². The molecule has 0 aliphatic heterocycles. The second-order valence-electron chi connectivity index (χ2n) is 2.65. The molecule has 0 saturated carbocycles. The van der Waals surface area contributed by atoms with Crippen LogP contribution in [0.4, 0.5) is 0 Å². The highest BCUT2D eigenvalue weighted by Gasteiger charge is 1.96. The molecule has 2 heteroatoms. The summed E-state index contributed by atoms with van der Waals surface area (Å²) in [6, 6.07) is 8.19. The third-order valence-corrected chi connectivity index (χ3v) is 2.70. The minimum absolute atomic E-state index is 0.843. The van der Waals surface area contributed by atoms with E-state index < -0.39 is 0 Å². The van der Waals surface area contributed by atoms with Gasteiger partial charge in [-0.3, -0.25) is 0 Å². The summed E-state index contributed by atoms with van der Waals surface area (Å²) in [5.74, 6) is 0. The first-order chi connectivity index (χ1) is 5.25. The van der Waals surface area contributed by atoms with Gasteiger partial charge in [-0.1, -0.05) is 17.6 Å². The summed E-state index contributed by atoms with van der Waals surface area (Å²) in [7, 11) is 5.64. The zero-order valence-electron chi connectivity index (χ0n) is 6.29. The zero-order valence-corrected chi connectivity index (χ0v) is 7.11. The van der Waals surface area contributed by atoms with E-state index in [1.165, 1.54) is 15.0 Å². The Bertz CT molecular complexity index is 389. The van der Waals surface area contributed by atoms with E-state index in [-0.39, 0.29) is 0 Å². The van der Waals surface area contributed by atoms with Gasteiger partial charge in [-0.05, 0) is 24.4 Å². The molecular weight excluding hydrogens is 151 g/mol. The molecule has 0 atom stereocenters. The quantitative estimate of drug-likeness (QED) is 0.514. The van der Waals surface area contributed by atoms with Crippen LogP contribution in [0, 0.1) is 6.92 Å². The third kappa shape index (κ3) is 1.18. The fraction of sp³-hybridized carbons (Fsp3) is 0.111. The molecule has 2 aromatic rings. The number of hydrogen-bond donors (Lipinski definition) is 0. The minimum atomic E-state index is 0.843. The van der Waals surface area contributed by atoms with Crippen molar-refractivity contribution in [2.45, 2.75) is 6.92 Å². The maximum Gasteiger partial charge on any atom is 0.113 e. The van der Waals surface area contributed by atoms with Crippen LogP contribution >= 0.6 is 11.3 Å². The zero-order chi connectivity index (χ0) is 7.84. The Hall–Kier alpha value is -0.755. The Morgan fingerprint density at radius 1 is 1.27 bits per heavy atom. The molecule has 1 heterocycles. The van der Waals surface area contributed by atoms with Crippen molar-refractivity contribution in [3.8, 4) is 0 Å². The lowest BCUT2D eigenvalue weighted by atomic mass is 9.95. The number of fused-ring (bicyclic) bond motifs is 1. The lowest BCUT2D eigenvalue weighted by molar-refractivity contribution is 1.66. The number of benzene rings is 1. The molecule has 0 bridgehead atoms. The first-order valence-corrected chi connectivity index (χ1v) is 4.33. The lowest BCUT2D eigenvalue weighted by Crippen LogP contribution is -1.98. The van der Waals surface area contributed by atoms with Crippen molar-refractivity contribution in [1.29, 1.82) is 0 Å². The van der Waals surface area contributed by atoms with E-state index in [2.05, 4.69) is 19.1 Å². The average molecular weight is 158 g/mol. The normalized spacial score (nSPS) is 10.6. The standard InChI is InChI=1S/C9H7BS/c1-6-4-7-5-8(10)2-3-9(7)11-6/h2-5H,1H3. The summed E-state index contributed by atoms with van der Waals surface area (Å²) in [5.41, 5.74) is 0.843. The Balaban J connectivity index is 2.82. The van der Waals surface area contributed by atoms with Crippen LogP contribution < -0.4 is 5.46 Å². The molecule has 0 unspecified atom stereocenters. The van der Waals surface area contributed by atoms with Gasteiger partial charge in [-0.2, -0.15) is 0 Å². The highest BCUT2D eigenvalue weighted by Crippen LogP contribution is 2.23. The fourth-order valence-corrected chi connectivity index (χ4v) is 2.10. The average Bonchev–Trinajstić information content (AvgIpc) is 2.27. The SMILES string of the molecule is [B]c1ccc2sc(C)cc2c1. The maximum absolute atomic E-state index is 5.64. The lowest BCUT2D eigenvalue weighted by Gasteiger charge is -1.90. The fourth-order valence-electron chi connectivity index (χ4n) is 1.19. The monoisotopic (exact) mass is 158 g/mol. The minimum Gasteiger partial charge on any atom is -0.141 e. The number of thiophene rings is 1. The molecule has 0 aliphatic rings. The van der Waals surface area contributed by atoms with Crippen LogP contribution in [0.3, 0.4) is 0 Å². The van der Waals surface area contributed by atoms with E-state index >= 15 is 0 Å². The molecular formula is C9H7BS. The molecule has 0 aliphatic carbocycles. The molecule has 0 saturated heterocycles. The van der Waals surface area contributed by atoms with E-state index in [1.807, 2.05) is 12.1 Å². The third-order valence-electron chi connectivity index (χ3n) is 1.66. The van der Waals surface area contributed by atoms with Crippen LogP contribution in [0.5, 0.6) is 0 Å². The molecule has 1 aromatic carbocycles. The molecule has 2 rings (SSSR count). The first-order valence-electron chi connectivity index (χ1n) is 3.51. The largest absolute Gasteiger partial charge is 0.141 e. The first kappa shape index (κ1) is 6.92. The summed E-state index contributed by atoms with van der Waals surface area (Å²) in [4.78, 5) is 1.34. The van der Waals surface area contributed by atoms with E-state index in [0.29, 0.717) is 0 Å². The Kier molecular flexibility index (Phi) is 1.50. The molecule has 2 radical (unpaired) electrons. The predicted octanol–water partition coefficient (Wildman–Crippen LogP) is 2.00. The van der Waals surface area contributed by atoms with Crippen LogP contribution in [-0.4, -0.2) is 7.85 Å². The van der Waals surface area contributed by atoms with Gasteiger partial charge in [0.15, 0.2) is 0 Å². The summed E-state index contributed by atoms with van der Waals surface area (Å²) in [6.07, 6.45) is 0. The van der Waals surface area contributed by atoms with Crippen LogP contribution in [0.1, 0.15) is 4.88 Å². The van der Waals surface area contributed by atoms with Gasteiger partial charge in [0.25, 0.3) is 0 Å². The second-order valence-corrected chi connectivity index (χ2v) is 3.94. The van der Waals surface area contributed by atoms with E-state index in [1.54, 1.807) is 11.3 Å². The van der Waals surface area contributed by atoms with Gasteiger partial charge in [-0.15, -0.1) is 11.3 Å². The Labute approximate surface area is 71.3 Å². The Morgan fingerprint density at radius 3 is 2.91 bits per heavy atom. The van der Waals surface area contributed by atoms with E-state index in [0.717, 1.165) is 5.46 Å². The molecule has 0 N–H and O–H groups in total. The number of hydrogen-bond acceptors (Lipinski definition) is 1. The van der Waals surface area contributed by atoms with Gasteiger partial charge in [0.2, 0.25) is 0 Å². The molecule has 1 aromatic heterocycles. The van der Waals surface area contributed by atoms with Crippen molar-refractivity contribution >= 4 is 34.7 Å². The highest BCUT2D eigenvalue weighted by atomic mass is 32.1. The van der Waals surface area contributed by atoms with Crippen molar-refractivity contribution < 1.29 is 0 Å². The maximum atomic E-state index is 5.64. The summed E-state index contributed by atoms with van der Waals surface area (Å²) in [6.45, 7) is 2.11. The van der Waals surface area contributed by atoms with Crippen LogP contribution in [0.2, 0.25) is 0 Å². The summed E-state index contributed by atoms with van der Waals surface area (Å²) in [5, 5.41) is 1.26. The Morgan fingerprint density at radius 2 is 2.09 bits per heavy atom. The van der Waals surface area contributed by atoms with Crippen molar-refractivity contribution in [2.75, 3.05) is 0 Å². The van der Waals surface area contributed by atoms with Crippen molar-refractivity contribution in [2.24, 2.45) is 0 Å². The summed E-state index contributed by atoms with van der Waals surface area (Å²) < 4.78 is 1.32. The smallest absolute Gasteiger partial charge is 0.113 e. The van der Waals surface area contributed by atoms with Crippen LogP contribution in [-0.2, 0) is 0 Å². The van der Waals surface area contributed by atoms with Gasteiger partial charge in [0.05, 0.1) is 0 Å². The van der Waals surface area contributed by atoms with E-state index in [9.17, 15) is 0 Å². The van der Waals surface area contributed by atoms with Crippen molar-refractivity contribution in [3.63, 3.8) is 0 Å². The summed E-state index contributed by atoms with van der Waals surface area (Å²) >= 11 is 1.81. The number of aryl methyl sites for hydroxylation is 1. The van der Waals surface area contributed by atoms with Crippen LogP contribution in [0.25, 0.3) is 10.1 Å². The molecule has 0 nitrogen and oxygen atoms in total. The van der Waals surface area contributed by atoms with Gasteiger partial charge < -0.3 is 0 Å². The molecule has 0 fully saturated rings. The molecule has 0 spiro atoms. The topological polar surface area (TPSA) is 0 Å². The highest BCUT2D eigenvalue weighted by molar-refractivity contribution is 7.19. The second kappa shape index (κ2) is 2.38. The predicted molar refractivity (Wildman–Crippen MR) is 52.0 cm³/mol. The van der Waals surface area contributed by atoms with E-state index in [4.69, 9.17) is 7.85 Å². The van der Waals surface area contributed by atoms with Crippen molar-refractivity contribution in [1.82, 2.24) is 0 Å². The van der Waals surface area contributed by atoms with Crippen LogP contribution in [0.15, 0.2) is 24.3 Å². The van der Waals surface area contributed by atoms with Gasteiger partial charge in [-0.25, -0.2) is 0 Å². The van der Waals surface area contributed by atoms with Gasteiger partial charge in [0, 0.05) is 9.58 Å².